The van der Waals surface area contributed by atoms with Crippen LogP contribution in [0.5, 0.6) is 0 Å². The van der Waals surface area contributed by atoms with Gasteiger partial charge >= 0.3 is 0 Å². The van der Waals surface area contributed by atoms with Crippen LogP contribution in [0.15, 0.2) is 16.9 Å². The minimum atomic E-state index is -0.200. The molecule has 0 spiro atoms. The number of nitrogens with one attached hydrogen (secondary N) is 1. The van der Waals surface area contributed by atoms with Gasteiger partial charge in [0.2, 0.25) is 0 Å². The number of hydrogen-bond acceptors (Lipinski definition) is 4. The summed E-state index contributed by atoms with van der Waals surface area (Å²) in [6.07, 6.45) is 2.58. The fourth-order valence-electron chi connectivity index (χ4n) is 1.89. The van der Waals surface area contributed by atoms with Crippen LogP contribution in [-0.2, 0) is 7.05 Å². The molecular formula is C12H14BrCl2N5. The van der Waals surface area contributed by atoms with Crippen LogP contribution in [0.4, 0.5) is 0 Å². The van der Waals surface area contributed by atoms with Crippen LogP contribution in [-0.4, -0.2) is 26.5 Å². The lowest BCUT2D eigenvalue weighted by molar-refractivity contribution is 0.540. The van der Waals surface area contributed by atoms with Crippen LogP contribution >= 0.6 is 39.1 Å². The number of aromatic nitrogens is 4. The molecule has 1 N–H and O–H groups in total. The number of nitrogens with zero attached hydrogens (tertiary/aromatic N) is 4. The monoisotopic (exact) mass is 377 g/mol. The van der Waals surface area contributed by atoms with Gasteiger partial charge in [0, 0.05) is 13.2 Å². The fraction of sp³-hybridized carbons (Fsp3) is 0.417. The van der Waals surface area contributed by atoms with E-state index in [0.29, 0.717) is 20.3 Å². The number of halogens is 3. The molecule has 0 saturated heterocycles. The van der Waals surface area contributed by atoms with E-state index in [-0.39, 0.29) is 6.04 Å². The standard InChI is InChI=1S/C12H14BrCl2N5/c1-3-4-16-10(11-12(13)18-19-20(11)2)9-8(15)5-7(14)6-17-9/h5-6,10,16H,3-4H2,1-2H3. The number of pyridine rings is 1. The molecule has 2 rings (SSSR count). The third-order valence-electron chi connectivity index (χ3n) is 2.81. The van der Waals surface area contributed by atoms with E-state index in [1.54, 1.807) is 16.9 Å². The maximum absolute atomic E-state index is 6.27. The predicted molar refractivity (Wildman–Crippen MR) is 83.1 cm³/mol. The molecule has 8 heteroatoms. The number of aryl methyl sites for hydroxylation is 1. The van der Waals surface area contributed by atoms with E-state index >= 15 is 0 Å². The van der Waals surface area contributed by atoms with Gasteiger partial charge in [0.25, 0.3) is 0 Å². The normalized spacial score (nSPS) is 12.7. The van der Waals surface area contributed by atoms with Gasteiger partial charge in [-0.2, -0.15) is 0 Å². The quantitative estimate of drug-likeness (QED) is 0.866. The van der Waals surface area contributed by atoms with Gasteiger partial charge in [-0.25, -0.2) is 4.68 Å². The van der Waals surface area contributed by atoms with Gasteiger partial charge in [-0.1, -0.05) is 35.3 Å². The van der Waals surface area contributed by atoms with E-state index in [9.17, 15) is 0 Å². The maximum Gasteiger partial charge on any atom is 0.153 e. The van der Waals surface area contributed by atoms with Crippen molar-refractivity contribution in [3.63, 3.8) is 0 Å². The van der Waals surface area contributed by atoms with Crippen molar-refractivity contribution in [3.05, 3.63) is 38.3 Å². The molecule has 108 valence electrons. The first-order valence-electron chi connectivity index (χ1n) is 6.14. The molecule has 2 aromatic rings. The smallest absolute Gasteiger partial charge is 0.153 e. The van der Waals surface area contributed by atoms with E-state index in [1.807, 2.05) is 7.05 Å². The lowest BCUT2D eigenvalue weighted by Crippen LogP contribution is -2.26. The van der Waals surface area contributed by atoms with Crippen molar-refractivity contribution in [3.8, 4) is 0 Å². The summed E-state index contributed by atoms with van der Waals surface area (Å²) < 4.78 is 2.37. The first-order chi connectivity index (χ1) is 9.54. The summed E-state index contributed by atoms with van der Waals surface area (Å²) in [6, 6.07) is 1.48. The molecule has 0 bridgehead atoms. The van der Waals surface area contributed by atoms with Crippen LogP contribution in [0.25, 0.3) is 0 Å². The van der Waals surface area contributed by atoms with Gasteiger partial charge < -0.3 is 5.32 Å². The third-order valence-corrected chi connectivity index (χ3v) is 3.88. The molecule has 0 aliphatic heterocycles. The SMILES string of the molecule is CCCNC(c1ncc(Cl)cc1Cl)c1c(Br)nnn1C. The Balaban J connectivity index is 2.47. The summed E-state index contributed by atoms with van der Waals surface area (Å²) in [7, 11) is 1.83. The molecule has 5 nitrogen and oxygen atoms in total. The van der Waals surface area contributed by atoms with Gasteiger partial charge in [-0.05, 0) is 35.0 Å². The van der Waals surface area contributed by atoms with E-state index in [4.69, 9.17) is 23.2 Å². The minimum Gasteiger partial charge on any atom is -0.304 e. The van der Waals surface area contributed by atoms with Crippen LogP contribution in [0.1, 0.15) is 30.8 Å². The Kier molecular flexibility index (Phi) is 5.37. The van der Waals surface area contributed by atoms with Gasteiger partial charge in [-0.15, -0.1) is 5.10 Å². The van der Waals surface area contributed by atoms with Gasteiger partial charge in [-0.3, -0.25) is 4.98 Å². The first kappa shape index (κ1) is 15.7. The Bertz CT molecular complexity index is 582. The summed E-state index contributed by atoms with van der Waals surface area (Å²) >= 11 is 15.6. The highest BCUT2D eigenvalue weighted by atomic mass is 79.9. The van der Waals surface area contributed by atoms with E-state index in [0.717, 1.165) is 18.7 Å². The van der Waals surface area contributed by atoms with Gasteiger partial charge in [0.15, 0.2) is 4.60 Å². The highest BCUT2D eigenvalue weighted by Crippen LogP contribution is 2.31. The van der Waals surface area contributed by atoms with Crippen molar-refractivity contribution in [2.75, 3.05) is 6.54 Å². The maximum atomic E-state index is 6.27. The molecule has 0 aliphatic carbocycles. The molecule has 0 fully saturated rings. The number of hydrogen-bond donors (Lipinski definition) is 1. The second kappa shape index (κ2) is 6.85. The first-order valence-corrected chi connectivity index (χ1v) is 7.68. The summed E-state index contributed by atoms with van der Waals surface area (Å²) in [5, 5.41) is 12.4. The summed E-state index contributed by atoms with van der Waals surface area (Å²) in [5.74, 6) is 0. The van der Waals surface area contributed by atoms with E-state index in [1.165, 1.54) is 0 Å². The zero-order chi connectivity index (χ0) is 14.7. The highest BCUT2D eigenvalue weighted by Gasteiger charge is 2.24. The Morgan fingerprint density at radius 1 is 1.45 bits per heavy atom. The predicted octanol–water partition coefficient (Wildman–Crippen LogP) is 3.37. The van der Waals surface area contributed by atoms with E-state index in [2.05, 4.69) is 43.5 Å². The van der Waals surface area contributed by atoms with Crippen LogP contribution < -0.4 is 5.32 Å². The highest BCUT2D eigenvalue weighted by molar-refractivity contribution is 9.10. The van der Waals surface area contributed by atoms with Crippen LogP contribution in [0.3, 0.4) is 0 Å². The molecular weight excluding hydrogens is 365 g/mol. The van der Waals surface area contributed by atoms with Crippen molar-refractivity contribution in [1.82, 2.24) is 25.3 Å². The largest absolute Gasteiger partial charge is 0.304 e. The fourth-order valence-corrected chi connectivity index (χ4v) is 2.94. The average molecular weight is 379 g/mol. The Hall–Kier alpha value is -0.690. The summed E-state index contributed by atoms with van der Waals surface area (Å²) in [5.41, 5.74) is 1.57. The Labute approximate surface area is 135 Å². The second-order valence-corrected chi connectivity index (χ2v) is 5.89. The molecule has 0 radical (unpaired) electrons. The third kappa shape index (κ3) is 3.31. The molecule has 0 aromatic carbocycles. The molecule has 0 saturated carbocycles. The average Bonchev–Trinajstić information content (AvgIpc) is 2.72. The molecule has 0 aliphatic rings. The molecule has 2 aromatic heterocycles. The van der Waals surface area contributed by atoms with Gasteiger partial charge in [0.05, 0.1) is 27.5 Å². The topological polar surface area (TPSA) is 55.6 Å². The molecule has 2 heterocycles. The second-order valence-electron chi connectivity index (χ2n) is 4.30. The zero-order valence-corrected chi connectivity index (χ0v) is 14.2. The van der Waals surface area contributed by atoms with Crippen molar-refractivity contribution >= 4 is 39.1 Å². The molecule has 1 atom stereocenters. The lowest BCUT2D eigenvalue weighted by atomic mass is 10.1. The Morgan fingerprint density at radius 2 is 2.20 bits per heavy atom. The summed E-state index contributed by atoms with van der Waals surface area (Å²) in [6.45, 7) is 2.92. The van der Waals surface area contributed by atoms with E-state index < -0.39 is 0 Å². The van der Waals surface area contributed by atoms with Crippen molar-refractivity contribution in [1.29, 1.82) is 0 Å². The van der Waals surface area contributed by atoms with Crippen LogP contribution in [0, 0.1) is 0 Å². The molecule has 20 heavy (non-hydrogen) atoms. The minimum absolute atomic E-state index is 0.200. The van der Waals surface area contributed by atoms with Crippen molar-refractivity contribution in [2.45, 2.75) is 19.4 Å². The van der Waals surface area contributed by atoms with Crippen molar-refractivity contribution < 1.29 is 0 Å². The van der Waals surface area contributed by atoms with Crippen LogP contribution in [0.2, 0.25) is 10.0 Å². The van der Waals surface area contributed by atoms with Gasteiger partial charge in [0.1, 0.15) is 0 Å². The molecule has 0 amide bonds. The Morgan fingerprint density at radius 3 is 2.75 bits per heavy atom. The lowest BCUT2D eigenvalue weighted by Gasteiger charge is -2.19. The summed E-state index contributed by atoms with van der Waals surface area (Å²) in [4.78, 5) is 4.35. The van der Waals surface area contributed by atoms with Crippen molar-refractivity contribution in [2.24, 2.45) is 7.05 Å². The zero-order valence-electron chi connectivity index (χ0n) is 11.1. The molecule has 1 unspecified atom stereocenters. The number of rotatable bonds is 5.